The fourth-order valence-corrected chi connectivity index (χ4v) is 4.51. The summed E-state index contributed by atoms with van der Waals surface area (Å²) in [7, 11) is 3.10. The SMILES string of the molecule is COc1cc(OC)cc([C@@H](C(=O)NC(C)(C)C)N(C[C@H]2CCCO2)C(=O)Cn2nnc3ccccc32)c1. The molecule has 2 atom stereocenters. The Morgan fingerprint density at radius 3 is 2.49 bits per heavy atom. The minimum atomic E-state index is -0.949. The predicted octanol–water partition coefficient (Wildman–Crippen LogP) is 3.11. The third-order valence-corrected chi connectivity index (χ3v) is 6.20. The number of aromatic nitrogens is 3. The summed E-state index contributed by atoms with van der Waals surface area (Å²) in [4.78, 5) is 29.4. The van der Waals surface area contributed by atoms with E-state index in [0.29, 0.717) is 29.2 Å². The summed E-state index contributed by atoms with van der Waals surface area (Å²) >= 11 is 0. The van der Waals surface area contributed by atoms with Gasteiger partial charge >= 0.3 is 0 Å². The minimum Gasteiger partial charge on any atom is -0.497 e. The van der Waals surface area contributed by atoms with Crippen molar-refractivity contribution in [3.63, 3.8) is 0 Å². The zero-order valence-corrected chi connectivity index (χ0v) is 22.1. The lowest BCUT2D eigenvalue weighted by molar-refractivity contribution is -0.143. The summed E-state index contributed by atoms with van der Waals surface area (Å²) in [5.74, 6) is 0.462. The molecule has 0 spiro atoms. The monoisotopic (exact) mass is 509 g/mol. The molecule has 0 saturated carbocycles. The molecule has 1 N–H and O–H groups in total. The first-order valence-corrected chi connectivity index (χ1v) is 12.4. The number of nitrogens with one attached hydrogen (secondary N) is 1. The van der Waals surface area contributed by atoms with Crippen molar-refractivity contribution in [3.05, 3.63) is 48.0 Å². The van der Waals surface area contributed by atoms with Crippen LogP contribution in [0.5, 0.6) is 11.5 Å². The van der Waals surface area contributed by atoms with Crippen LogP contribution in [0.1, 0.15) is 45.2 Å². The van der Waals surface area contributed by atoms with E-state index in [2.05, 4.69) is 15.6 Å². The van der Waals surface area contributed by atoms with Crippen LogP contribution in [0.15, 0.2) is 42.5 Å². The Hall–Kier alpha value is -3.66. The summed E-state index contributed by atoms with van der Waals surface area (Å²) in [5, 5.41) is 11.4. The number of para-hydroxylation sites is 1. The Labute approximate surface area is 216 Å². The highest BCUT2D eigenvalue weighted by Gasteiger charge is 2.36. The zero-order valence-electron chi connectivity index (χ0n) is 22.1. The molecule has 37 heavy (non-hydrogen) atoms. The molecule has 2 heterocycles. The second-order valence-corrected chi connectivity index (χ2v) is 10.2. The maximum absolute atomic E-state index is 14.0. The van der Waals surface area contributed by atoms with Gasteiger partial charge in [-0.1, -0.05) is 17.3 Å². The molecule has 10 heteroatoms. The Morgan fingerprint density at radius 1 is 1.16 bits per heavy atom. The van der Waals surface area contributed by atoms with Gasteiger partial charge in [-0.15, -0.1) is 5.10 Å². The maximum Gasteiger partial charge on any atom is 0.247 e. The van der Waals surface area contributed by atoms with Gasteiger partial charge in [0.25, 0.3) is 0 Å². The highest BCUT2D eigenvalue weighted by Crippen LogP contribution is 2.32. The lowest BCUT2D eigenvalue weighted by Gasteiger charge is -2.35. The average molecular weight is 510 g/mol. The molecule has 10 nitrogen and oxygen atoms in total. The first-order chi connectivity index (χ1) is 17.7. The molecule has 0 bridgehead atoms. The largest absolute Gasteiger partial charge is 0.497 e. The number of fused-ring (bicyclic) bond motifs is 1. The lowest BCUT2D eigenvalue weighted by atomic mass is 10.00. The van der Waals surface area contributed by atoms with E-state index in [0.717, 1.165) is 18.4 Å². The number of carbonyl (C=O) groups is 2. The minimum absolute atomic E-state index is 0.0758. The molecule has 198 valence electrons. The molecule has 1 aliphatic rings. The van der Waals surface area contributed by atoms with Gasteiger partial charge < -0.3 is 24.4 Å². The summed E-state index contributed by atoms with van der Waals surface area (Å²) < 4.78 is 18.4. The van der Waals surface area contributed by atoms with Crippen LogP contribution in [0.25, 0.3) is 11.0 Å². The van der Waals surface area contributed by atoms with Crippen molar-refractivity contribution in [2.24, 2.45) is 0 Å². The number of hydrogen-bond donors (Lipinski definition) is 1. The molecule has 1 aromatic heterocycles. The molecule has 2 aromatic carbocycles. The van der Waals surface area contributed by atoms with Crippen LogP contribution in [-0.4, -0.2) is 70.7 Å². The first kappa shape index (κ1) is 26.4. The van der Waals surface area contributed by atoms with Gasteiger partial charge in [0.2, 0.25) is 11.8 Å². The highest BCUT2D eigenvalue weighted by atomic mass is 16.5. The predicted molar refractivity (Wildman–Crippen MR) is 138 cm³/mol. The van der Waals surface area contributed by atoms with Gasteiger partial charge in [0.05, 0.1) is 25.8 Å². The Kier molecular flexibility index (Phi) is 7.97. The Morgan fingerprint density at radius 2 is 1.86 bits per heavy atom. The average Bonchev–Trinajstić information content (AvgIpc) is 3.52. The van der Waals surface area contributed by atoms with E-state index in [1.165, 1.54) is 0 Å². The number of hydrogen-bond acceptors (Lipinski definition) is 7. The van der Waals surface area contributed by atoms with Crippen molar-refractivity contribution in [1.29, 1.82) is 0 Å². The summed E-state index contributed by atoms with van der Waals surface area (Å²) in [5.41, 5.74) is 1.50. The highest BCUT2D eigenvalue weighted by molar-refractivity contribution is 5.90. The van der Waals surface area contributed by atoms with Gasteiger partial charge in [0.15, 0.2) is 0 Å². The van der Waals surface area contributed by atoms with Crippen molar-refractivity contribution < 1.29 is 23.8 Å². The van der Waals surface area contributed by atoms with Crippen molar-refractivity contribution in [3.8, 4) is 11.5 Å². The second-order valence-electron chi connectivity index (χ2n) is 10.2. The number of benzene rings is 2. The van der Waals surface area contributed by atoms with Crippen LogP contribution < -0.4 is 14.8 Å². The lowest BCUT2D eigenvalue weighted by Crippen LogP contribution is -2.51. The van der Waals surface area contributed by atoms with Crippen molar-refractivity contribution in [1.82, 2.24) is 25.2 Å². The van der Waals surface area contributed by atoms with Crippen LogP contribution >= 0.6 is 0 Å². The normalized spacial score (nSPS) is 16.4. The van der Waals surface area contributed by atoms with Gasteiger partial charge in [0.1, 0.15) is 29.6 Å². The molecule has 3 aromatic rings. The van der Waals surface area contributed by atoms with E-state index in [1.54, 1.807) is 42.0 Å². The molecular weight excluding hydrogens is 474 g/mol. The standard InChI is InChI=1S/C27H35N5O5/c1-27(2,3)28-26(34)25(18-13-20(35-4)15-21(14-18)36-5)31(16-19-9-8-12-37-19)24(33)17-32-23-11-7-6-10-22(23)29-30-32/h6-7,10-11,13-15,19,25H,8-9,12,16-17H2,1-5H3,(H,28,34)/t19-,25+/m1/s1. The van der Waals surface area contributed by atoms with E-state index >= 15 is 0 Å². The second kappa shape index (κ2) is 11.2. The van der Waals surface area contributed by atoms with Crippen LogP contribution in [-0.2, 0) is 20.9 Å². The van der Waals surface area contributed by atoms with Crippen LogP contribution in [0.3, 0.4) is 0 Å². The number of rotatable bonds is 9. The molecular formula is C27H35N5O5. The molecule has 1 fully saturated rings. The van der Waals surface area contributed by atoms with Gasteiger partial charge in [-0.3, -0.25) is 9.59 Å². The van der Waals surface area contributed by atoms with Crippen LogP contribution in [0, 0.1) is 0 Å². The smallest absolute Gasteiger partial charge is 0.247 e. The number of nitrogens with zero attached hydrogens (tertiary/aromatic N) is 4. The van der Waals surface area contributed by atoms with Crippen molar-refractivity contribution in [2.75, 3.05) is 27.4 Å². The molecule has 0 unspecified atom stereocenters. The number of ether oxygens (including phenoxy) is 3. The van der Waals surface area contributed by atoms with Crippen molar-refractivity contribution in [2.45, 2.75) is 57.8 Å². The van der Waals surface area contributed by atoms with Gasteiger partial charge in [-0.05, 0) is 63.4 Å². The van der Waals surface area contributed by atoms with E-state index in [9.17, 15) is 9.59 Å². The number of carbonyl (C=O) groups excluding carboxylic acids is 2. The maximum atomic E-state index is 14.0. The van der Waals surface area contributed by atoms with E-state index in [-0.39, 0.29) is 31.0 Å². The zero-order chi connectivity index (χ0) is 26.6. The third-order valence-electron chi connectivity index (χ3n) is 6.20. The number of methoxy groups -OCH3 is 2. The van der Waals surface area contributed by atoms with Gasteiger partial charge in [-0.25, -0.2) is 4.68 Å². The van der Waals surface area contributed by atoms with E-state index in [1.807, 2.05) is 45.0 Å². The third kappa shape index (κ3) is 6.37. The summed E-state index contributed by atoms with van der Waals surface area (Å²) in [6, 6.07) is 11.8. The molecule has 0 radical (unpaired) electrons. The summed E-state index contributed by atoms with van der Waals surface area (Å²) in [6.45, 7) is 6.53. The molecule has 1 aliphatic heterocycles. The van der Waals surface area contributed by atoms with Crippen LogP contribution in [0.2, 0.25) is 0 Å². The van der Waals surface area contributed by atoms with Crippen molar-refractivity contribution >= 4 is 22.8 Å². The topological polar surface area (TPSA) is 108 Å². The van der Waals surface area contributed by atoms with E-state index in [4.69, 9.17) is 14.2 Å². The first-order valence-electron chi connectivity index (χ1n) is 12.4. The number of amides is 2. The van der Waals surface area contributed by atoms with Gasteiger partial charge in [-0.2, -0.15) is 0 Å². The van der Waals surface area contributed by atoms with E-state index < -0.39 is 11.6 Å². The Bertz CT molecular complexity index is 1220. The molecule has 1 saturated heterocycles. The fourth-order valence-electron chi connectivity index (χ4n) is 4.51. The summed E-state index contributed by atoms with van der Waals surface area (Å²) in [6.07, 6.45) is 1.55. The Balaban J connectivity index is 1.77. The quantitative estimate of drug-likeness (QED) is 0.472. The molecule has 2 amide bonds. The van der Waals surface area contributed by atoms with Gasteiger partial charge in [0, 0.05) is 24.8 Å². The van der Waals surface area contributed by atoms with Crippen LogP contribution in [0.4, 0.5) is 0 Å². The molecule has 4 rings (SSSR count). The molecule has 0 aliphatic carbocycles. The fraction of sp³-hybridized carbons (Fsp3) is 0.481.